The van der Waals surface area contributed by atoms with E-state index in [2.05, 4.69) is 5.32 Å². The summed E-state index contributed by atoms with van der Waals surface area (Å²) in [5.41, 5.74) is 2.99. The molecule has 0 saturated heterocycles. The molecule has 0 saturated carbocycles. The van der Waals surface area contributed by atoms with Crippen molar-refractivity contribution in [2.75, 3.05) is 0 Å². The highest BCUT2D eigenvalue weighted by atomic mass is 16.5. The number of hydroxylamine groups is 1. The molecule has 27 heavy (non-hydrogen) atoms. The van der Waals surface area contributed by atoms with Gasteiger partial charge in [-0.3, -0.25) is 14.8 Å². The van der Waals surface area contributed by atoms with Gasteiger partial charge >= 0.3 is 5.97 Å². The van der Waals surface area contributed by atoms with Crippen molar-refractivity contribution in [2.45, 2.75) is 70.8 Å². The van der Waals surface area contributed by atoms with Gasteiger partial charge in [0.05, 0.1) is 5.56 Å². The Hall–Kier alpha value is -2.41. The first-order valence-corrected chi connectivity index (χ1v) is 9.49. The third kappa shape index (κ3) is 9.75. The van der Waals surface area contributed by atoms with E-state index in [9.17, 15) is 14.4 Å². The Labute approximate surface area is 160 Å². The highest BCUT2D eigenvalue weighted by Crippen LogP contribution is 2.12. The first-order valence-electron chi connectivity index (χ1n) is 9.49. The van der Waals surface area contributed by atoms with E-state index in [1.807, 2.05) is 12.1 Å². The number of benzene rings is 1. The van der Waals surface area contributed by atoms with E-state index >= 15 is 0 Å². The van der Waals surface area contributed by atoms with Crippen molar-refractivity contribution >= 4 is 17.8 Å². The quantitative estimate of drug-likeness (QED) is 0.239. The van der Waals surface area contributed by atoms with Gasteiger partial charge in [-0.2, -0.15) is 0 Å². The molecule has 1 atom stereocenters. The standard InChI is InChI=1S/C20H30N2O5/c1-15(19(24)22-27)21-18(23)10-8-6-4-2-3-5-7-9-16-11-13-17(14-12-16)20(25)26/h11-15,27H,2-10H2,1H3,(H,21,23)(H,22,24)(H,25,26). The first kappa shape index (κ1) is 22.6. The van der Waals surface area contributed by atoms with Crippen molar-refractivity contribution in [3.8, 4) is 0 Å². The maximum Gasteiger partial charge on any atom is 0.335 e. The van der Waals surface area contributed by atoms with E-state index in [4.69, 9.17) is 10.3 Å². The first-order chi connectivity index (χ1) is 12.9. The van der Waals surface area contributed by atoms with Crippen LogP contribution in [-0.4, -0.2) is 34.1 Å². The molecule has 0 aliphatic rings. The van der Waals surface area contributed by atoms with Crippen LogP contribution in [0.3, 0.4) is 0 Å². The summed E-state index contributed by atoms with van der Waals surface area (Å²) in [7, 11) is 0. The molecule has 0 spiro atoms. The second-order valence-corrected chi connectivity index (χ2v) is 6.74. The highest BCUT2D eigenvalue weighted by Gasteiger charge is 2.13. The van der Waals surface area contributed by atoms with Crippen molar-refractivity contribution in [2.24, 2.45) is 0 Å². The van der Waals surface area contributed by atoms with Gasteiger partial charge in [0.1, 0.15) is 6.04 Å². The van der Waals surface area contributed by atoms with Crippen molar-refractivity contribution in [1.29, 1.82) is 0 Å². The summed E-state index contributed by atoms with van der Waals surface area (Å²) in [4.78, 5) is 33.5. The van der Waals surface area contributed by atoms with Gasteiger partial charge in [-0.15, -0.1) is 0 Å². The van der Waals surface area contributed by atoms with E-state index in [1.165, 1.54) is 12.4 Å². The number of aromatic carboxylic acids is 1. The van der Waals surface area contributed by atoms with Crippen molar-refractivity contribution in [3.05, 3.63) is 35.4 Å². The van der Waals surface area contributed by atoms with Crippen LogP contribution in [0.1, 0.15) is 74.2 Å². The van der Waals surface area contributed by atoms with Crippen LogP contribution in [0.4, 0.5) is 0 Å². The molecule has 0 aliphatic heterocycles. The largest absolute Gasteiger partial charge is 0.478 e. The fraction of sp³-hybridized carbons (Fsp3) is 0.550. The number of unbranched alkanes of at least 4 members (excludes halogenated alkanes) is 6. The van der Waals surface area contributed by atoms with Crippen LogP contribution >= 0.6 is 0 Å². The summed E-state index contributed by atoms with van der Waals surface area (Å²) in [6, 6.07) is 6.30. The number of carboxylic acids is 1. The maximum atomic E-state index is 11.6. The molecule has 1 aromatic rings. The van der Waals surface area contributed by atoms with E-state index in [1.54, 1.807) is 12.1 Å². The Balaban J connectivity index is 1.99. The van der Waals surface area contributed by atoms with Crippen LogP contribution in [0.5, 0.6) is 0 Å². The van der Waals surface area contributed by atoms with Crippen LogP contribution in [0.2, 0.25) is 0 Å². The molecule has 4 N–H and O–H groups in total. The van der Waals surface area contributed by atoms with Crippen molar-refractivity contribution < 1.29 is 24.7 Å². The van der Waals surface area contributed by atoms with Gasteiger partial charge in [0.15, 0.2) is 0 Å². The Morgan fingerprint density at radius 2 is 1.48 bits per heavy atom. The molecule has 150 valence electrons. The van der Waals surface area contributed by atoms with E-state index in [0.717, 1.165) is 56.9 Å². The minimum Gasteiger partial charge on any atom is -0.478 e. The minimum atomic E-state index is -0.899. The topological polar surface area (TPSA) is 116 Å². The number of amides is 2. The van der Waals surface area contributed by atoms with Gasteiger partial charge in [-0.05, 0) is 43.9 Å². The average Bonchev–Trinajstić information content (AvgIpc) is 2.66. The molecule has 0 bridgehead atoms. The highest BCUT2D eigenvalue weighted by molar-refractivity contribution is 5.87. The fourth-order valence-electron chi connectivity index (χ4n) is 2.79. The second kappa shape index (κ2) is 12.9. The number of nitrogens with one attached hydrogen (secondary N) is 2. The predicted octanol–water partition coefficient (Wildman–Crippen LogP) is 3.06. The van der Waals surface area contributed by atoms with Gasteiger partial charge in [0.25, 0.3) is 5.91 Å². The van der Waals surface area contributed by atoms with E-state index in [0.29, 0.717) is 12.0 Å². The Bertz CT molecular complexity index is 601. The Kier molecular flexibility index (Phi) is 10.8. The zero-order chi connectivity index (χ0) is 20.1. The Morgan fingerprint density at radius 3 is 2.04 bits per heavy atom. The van der Waals surface area contributed by atoms with Gasteiger partial charge in [-0.1, -0.05) is 44.2 Å². The normalized spacial score (nSPS) is 11.6. The SMILES string of the molecule is CC(NC(=O)CCCCCCCCCc1ccc(C(=O)O)cc1)C(=O)NO. The van der Waals surface area contributed by atoms with Crippen molar-refractivity contribution in [3.63, 3.8) is 0 Å². The summed E-state index contributed by atoms with van der Waals surface area (Å²) in [5, 5.41) is 19.9. The molecule has 0 heterocycles. The summed E-state index contributed by atoms with van der Waals surface area (Å²) in [6.45, 7) is 1.52. The maximum absolute atomic E-state index is 11.6. The van der Waals surface area contributed by atoms with E-state index in [-0.39, 0.29) is 5.91 Å². The monoisotopic (exact) mass is 378 g/mol. The number of hydrogen-bond acceptors (Lipinski definition) is 4. The summed E-state index contributed by atoms with van der Waals surface area (Å²) >= 11 is 0. The van der Waals surface area contributed by atoms with Crippen LogP contribution < -0.4 is 10.8 Å². The smallest absolute Gasteiger partial charge is 0.335 e. The molecule has 7 heteroatoms. The third-order valence-electron chi connectivity index (χ3n) is 4.45. The Morgan fingerprint density at radius 1 is 0.926 bits per heavy atom. The minimum absolute atomic E-state index is 0.181. The van der Waals surface area contributed by atoms with Gasteiger partial charge < -0.3 is 10.4 Å². The summed E-state index contributed by atoms with van der Waals surface area (Å²) < 4.78 is 0. The lowest BCUT2D eigenvalue weighted by Crippen LogP contribution is -2.43. The lowest BCUT2D eigenvalue weighted by Gasteiger charge is -2.11. The number of carboxylic acid groups (broad SMARTS) is 1. The van der Waals surface area contributed by atoms with Crippen LogP contribution in [0, 0.1) is 0 Å². The molecule has 7 nitrogen and oxygen atoms in total. The molecule has 2 amide bonds. The van der Waals surface area contributed by atoms with Gasteiger partial charge in [-0.25, -0.2) is 10.3 Å². The molecular weight excluding hydrogens is 348 g/mol. The zero-order valence-electron chi connectivity index (χ0n) is 15.9. The molecule has 1 aromatic carbocycles. The number of aryl methyl sites for hydroxylation is 1. The van der Waals surface area contributed by atoms with Crippen molar-refractivity contribution in [1.82, 2.24) is 10.8 Å². The fourth-order valence-corrected chi connectivity index (χ4v) is 2.79. The molecule has 1 rings (SSSR count). The molecule has 0 fully saturated rings. The number of carbonyl (C=O) groups is 3. The molecular formula is C20H30N2O5. The lowest BCUT2D eigenvalue weighted by atomic mass is 10.0. The number of rotatable bonds is 13. The second-order valence-electron chi connectivity index (χ2n) is 6.74. The number of hydrogen-bond donors (Lipinski definition) is 4. The summed E-state index contributed by atoms with van der Waals surface area (Å²) in [6.07, 6.45) is 8.67. The van der Waals surface area contributed by atoms with Crippen LogP contribution in [0.25, 0.3) is 0 Å². The zero-order valence-corrected chi connectivity index (χ0v) is 15.9. The molecule has 1 unspecified atom stereocenters. The van der Waals surface area contributed by atoms with Gasteiger partial charge in [0.2, 0.25) is 5.91 Å². The predicted molar refractivity (Wildman–Crippen MR) is 102 cm³/mol. The van der Waals surface area contributed by atoms with Crippen LogP contribution in [-0.2, 0) is 16.0 Å². The number of carbonyl (C=O) groups excluding carboxylic acids is 2. The van der Waals surface area contributed by atoms with E-state index < -0.39 is 17.9 Å². The summed E-state index contributed by atoms with van der Waals surface area (Å²) in [5.74, 6) is -1.70. The molecule has 0 aliphatic carbocycles. The molecule has 0 aromatic heterocycles. The third-order valence-corrected chi connectivity index (χ3v) is 4.45. The van der Waals surface area contributed by atoms with Crippen LogP contribution in [0.15, 0.2) is 24.3 Å². The van der Waals surface area contributed by atoms with Gasteiger partial charge in [0, 0.05) is 6.42 Å². The molecule has 0 radical (unpaired) electrons. The lowest BCUT2D eigenvalue weighted by molar-refractivity contribution is -0.134. The average molecular weight is 378 g/mol.